The van der Waals surface area contributed by atoms with E-state index in [1.165, 1.54) is 0 Å². The summed E-state index contributed by atoms with van der Waals surface area (Å²) in [6.45, 7) is 7.02. The Morgan fingerprint density at radius 3 is 2.50 bits per heavy atom. The minimum Gasteiger partial charge on any atom is -0.462 e. The summed E-state index contributed by atoms with van der Waals surface area (Å²) in [5, 5.41) is 0. The summed E-state index contributed by atoms with van der Waals surface area (Å²) in [6, 6.07) is 0. The lowest BCUT2D eigenvalue weighted by atomic mass is 10.1. The van der Waals surface area contributed by atoms with Gasteiger partial charge < -0.3 is 4.74 Å². The SMILES string of the molecule is C=CC(=O)OCCC(=O)C(C)C. The van der Waals surface area contributed by atoms with Crippen LogP contribution in [-0.4, -0.2) is 18.4 Å². The molecule has 12 heavy (non-hydrogen) atoms. The van der Waals surface area contributed by atoms with E-state index in [0.29, 0.717) is 0 Å². The summed E-state index contributed by atoms with van der Waals surface area (Å²) in [6.07, 6.45) is 1.37. The van der Waals surface area contributed by atoms with Gasteiger partial charge >= 0.3 is 5.97 Å². The van der Waals surface area contributed by atoms with Gasteiger partial charge in [-0.25, -0.2) is 4.79 Å². The second-order valence-corrected chi connectivity index (χ2v) is 2.74. The summed E-state index contributed by atoms with van der Waals surface area (Å²) >= 11 is 0. The van der Waals surface area contributed by atoms with Crippen LogP contribution in [0.1, 0.15) is 20.3 Å². The van der Waals surface area contributed by atoms with E-state index in [4.69, 9.17) is 0 Å². The Labute approximate surface area is 72.4 Å². The van der Waals surface area contributed by atoms with Gasteiger partial charge in [0.2, 0.25) is 0 Å². The summed E-state index contributed by atoms with van der Waals surface area (Å²) in [7, 11) is 0. The molecule has 0 rings (SSSR count). The molecule has 3 heteroatoms. The zero-order chi connectivity index (χ0) is 9.56. The van der Waals surface area contributed by atoms with Crippen LogP contribution in [-0.2, 0) is 14.3 Å². The van der Waals surface area contributed by atoms with Crippen molar-refractivity contribution in [1.29, 1.82) is 0 Å². The number of hydrogen-bond acceptors (Lipinski definition) is 3. The van der Waals surface area contributed by atoms with Crippen molar-refractivity contribution in [2.45, 2.75) is 20.3 Å². The lowest BCUT2D eigenvalue weighted by Crippen LogP contribution is -2.12. The first kappa shape index (κ1) is 10.9. The van der Waals surface area contributed by atoms with Crippen LogP contribution < -0.4 is 0 Å². The summed E-state index contributed by atoms with van der Waals surface area (Å²) in [5.41, 5.74) is 0. The van der Waals surface area contributed by atoms with Crippen LogP contribution in [0.25, 0.3) is 0 Å². The standard InChI is InChI=1S/C9H14O3/c1-4-9(11)12-6-5-8(10)7(2)3/h4,7H,1,5-6H2,2-3H3. The van der Waals surface area contributed by atoms with E-state index >= 15 is 0 Å². The minimum atomic E-state index is -0.480. The molecule has 0 saturated heterocycles. The van der Waals surface area contributed by atoms with Gasteiger partial charge in [0.25, 0.3) is 0 Å². The molecule has 0 heterocycles. The Hall–Kier alpha value is -1.12. The zero-order valence-corrected chi connectivity index (χ0v) is 7.50. The number of carbonyl (C=O) groups is 2. The monoisotopic (exact) mass is 170 g/mol. The molecule has 0 unspecified atom stereocenters. The first-order chi connectivity index (χ1) is 5.57. The first-order valence-electron chi connectivity index (χ1n) is 3.89. The number of ketones is 1. The maximum atomic E-state index is 11.0. The van der Waals surface area contributed by atoms with E-state index in [0.717, 1.165) is 6.08 Å². The highest BCUT2D eigenvalue weighted by Crippen LogP contribution is 1.98. The van der Waals surface area contributed by atoms with E-state index in [9.17, 15) is 9.59 Å². The molecule has 0 amide bonds. The van der Waals surface area contributed by atoms with Gasteiger partial charge in [-0.05, 0) is 0 Å². The van der Waals surface area contributed by atoms with Gasteiger partial charge in [-0.2, -0.15) is 0 Å². The molecule has 0 saturated carbocycles. The third kappa shape index (κ3) is 4.66. The summed E-state index contributed by atoms with van der Waals surface area (Å²) in [4.78, 5) is 21.5. The van der Waals surface area contributed by atoms with E-state index in [1.54, 1.807) is 0 Å². The van der Waals surface area contributed by atoms with E-state index in [1.807, 2.05) is 13.8 Å². The normalized spacial score (nSPS) is 9.58. The molecule has 0 radical (unpaired) electrons. The molecule has 3 nitrogen and oxygen atoms in total. The molecule has 0 atom stereocenters. The first-order valence-corrected chi connectivity index (χ1v) is 3.89. The quantitative estimate of drug-likeness (QED) is 0.462. The average Bonchev–Trinajstić information content (AvgIpc) is 2.03. The van der Waals surface area contributed by atoms with Crippen LogP contribution >= 0.6 is 0 Å². The van der Waals surface area contributed by atoms with Crippen molar-refractivity contribution in [3.05, 3.63) is 12.7 Å². The lowest BCUT2D eigenvalue weighted by molar-refractivity contribution is -0.138. The fraction of sp³-hybridized carbons (Fsp3) is 0.556. The molecule has 0 aromatic heterocycles. The lowest BCUT2D eigenvalue weighted by Gasteiger charge is -2.03. The van der Waals surface area contributed by atoms with Crippen molar-refractivity contribution in [2.24, 2.45) is 5.92 Å². The second-order valence-electron chi connectivity index (χ2n) is 2.74. The smallest absolute Gasteiger partial charge is 0.330 e. The highest BCUT2D eigenvalue weighted by atomic mass is 16.5. The summed E-state index contributed by atoms with van der Waals surface area (Å²) in [5.74, 6) is -0.370. The van der Waals surface area contributed by atoms with Gasteiger partial charge in [0.15, 0.2) is 0 Å². The number of carbonyl (C=O) groups excluding carboxylic acids is 2. The van der Waals surface area contributed by atoms with Gasteiger partial charge in [0.1, 0.15) is 5.78 Å². The molecular formula is C9H14O3. The molecule has 0 N–H and O–H groups in total. The molecule has 0 spiro atoms. The minimum absolute atomic E-state index is 0.00688. The van der Waals surface area contributed by atoms with Crippen LogP contribution in [0.4, 0.5) is 0 Å². The number of rotatable bonds is 5. The van der Waals surface area contributed by atoms with Crippen LogP contribution in [0.3, 0.4) is 0 Å². The van der Waals surface area contributed by atoms with Crippen molar-refractivity contribution in [1.82, 2.24) is 0 Å². The Morgan fingerprint density at radius 2 is 2.08 bits per heavy atom. The molecule has 0 aromatic carbocycles. The largest absolute Gasteiger partial charge is 0.462 e. The Balaban J connectivity index is 3.50. The fourth-order valence-corrected chi connectivity index (χ4v) is 0.600. The van der Waals surface area contributed by atoms with Gasteiger partial charge in [-0.1, -0.05) is 20.4 Å². The highest BCUT2D eigenvalue weighted by molar-refractivity contribution is 5.82. The van der Waals surface area contributed by atoms with Crippen LogP contribution in [0.15, 0.2) is 12.7 Å². The molecule has 0 fully saturated rings. The second kappa shape index (κ2) is 5.52. The van der Waals surface area contributed by atoms with Crippen LogP contribution in [0, 0.1) is 5.92 Å². The van der Waals surface area contributed by atoms with Crippen molar-refractivity contribution in [3.8, 4) is 0 Å². The van der Waals surface area contributed by atoms with Crippen molar-refractivity contribution < 1.29 is 14.3 Å². The molecule has 0 aliphatic heterocycles. The van der Waals surface area contributed by atoms with Crippen molar-refractivity contribution in [2.75, 3.05) is 6.61 Å². The van der Waals surface area contributed by atoms with Gasteiger partial charge in [0.05, 0.1) is 6.61 Å². The molecular weight excluding hydrogens is 156 g/mol. The third-order valence-corrected chi connectivity index (χ3v) is 1.40. The molecule has 68 valence electrons. The number of esters is 1. The Bertz CT molecular complexity index is 182. The van der Waals surface area contributed by atoms with Crippen molar-refractivity contribution in [3.63, 3.8) is 0 Å². The maximum Gasteiger partial charge on any atom is 0.330 e. The predicted octanol–water partition coefficient (Wildman–Crippen LogP) is 1.33. The number of hydrogen-bond donors (Lipinski definition) is 0. The van der Waals surface area contributed by atoms with Crippen LogP contribution in [0.5, 0.6) is 0 Å². The van der Waals surface area contributed by atoms with Crippen LogP contribution in [0.2, 0.25) is 0 Å². The molecule has 0 aliphatic carbocycles. The average molecular weight is 170 g/mol. The van der Waals surface area contributed by atoms with E-state index in [2.05, 4.69) is 11.3 Å². The molecule has 0 aliphatic rings. The number of ether oxygens (including phenoxy) is 1. The third-order valence-electron chi connectivity index (χ3n) is 1.40. The zero-order valence-electron chi connectivity index (χ0n) is 7.50. The Kier molecular flexibility index (Phi) is 5.00. The number of Topliss-reactive ketones (excluding diaryl/α,β-unsaturated/α-hetero) is 1. The Morgan fingerprint density at radius 1 is 1.50 bits per heavy atom. The van der Waals surface area contributed by atoms with E-state index in [-0.39, 0.29) is 24.7 Å². The highest BCUT2D eigenvalue weighted by Gasteiger charge is 2.07. The summed E-state index contributed by atoms with van der Waals surface area (Å²) < 4.78 is 4.63. The fourth-order valence-electron chi connectivity index (χ4n) is 0.600. The van der Waals surface area contributed by atoms with Gasteiger partial charge in [-0.15, -0.1) is 0 Å². The maximum absolute atomic E-state index is 11.0. The molecule has 0 aromatic rings. The predicted molar refractivity (Wildman–Crippen MR) is 45.6 cm³/mol. The van der Waals surface area contributed by atoms with Crippen molar-refractivity contribution >= 4 is 11.8 Å². The van der Waals surface area contributed by atoms with Gasteiger partial charge in [0, 0.05) is 18.4 Å². The molecule has 0 bridgehead atoms. The van der Waals surface area contributed by atoms with E-state index < -0.39 is 5.97 Å². The van der Waals surface area contributed by atoms with Gasteiger partial charge in [-0.3, -0.25) is 4.79 Å². The topological polar surface area (TPSA) is 43.4 Å².